The van der Waals surface area contributed by atoms with Crippen LogP contribution in [0.5, 0.6) is 0 Å². The zero-order chi connectivity index (χ0) is 42.7. The summed E-state index contributed by atoms with van der Waals surface area (Å²) in [5, 5.41) is 27.2. The van der Waals surface area contributed by atoms with Gasteiger partial charge < -0.3 is 50.4 Å². The van der Waals surface area contributed by atoms with Gasteiger partial charge in [-0.25, -0.2) is 8.42 Å². The monoisotopic (exact) mass is 924 g/mol. The normalized spacial score (nSPS) is 14.0. The van der Waals surface area contributed by atoms with E-state index in [0.717, 1.165) is 11.4 Å². The molecule has 2 aromatic heterocycles. The van der Waals surface area contributed by atoms with Gasteiger partial charge in [0.2, 0.25) is 35.7 Å². The third-order valence-electron chi connectivity index (χ3n) is 9.30. The Bertz CT molecular complexity index is 2620. The fourth-order valence-corrected chi connectivity index (χ4v) is 7.54. The molecule has 0 spiro atoms. The van der Waals surface area contributed by atoms with Gasteiger partial charge in [-0.2, -0.15) is 34.2 Å². The van der Waals surface area contributed by atoms with Crippen LogP contribution in [0, 0.1) is 0 Å². The maximum absolute atomic E-state index is 12.7. The van der Waals surface area contributed by atoms with Crippen molar-refractivity contribution >= 4 is 92.8 Å². The molecule has 0 unspecified atom stereocenters. The number of morpholine rings is 2. The first kappa shape index (κ1) is 48.9. The van der Waals surface area contributed by atoms with E-state index < -0.39 is 15.0 Å². The van der Waals surface area contributed by atoms with Crippen LogP contribution in [0.2, 0.25) is 0 Å². The SMILES string of the molecule is O=S(=O)([O-])c1cc(Nc2nc(Nc3ccccc3)nc(N3CCOCC3)n2)ccc1/C=C/c1ccc(Nc2nc(Nc3ccccc3)nc(N3CCOCC3)n2)cc1SOO[O-].[Na+].[Na+]. The molecule has 0 saturated carbocycles. The summed E-state index contributed by atoms with van der Waals surface area (Å²) in [5.74, 6) is 1.75. The molecule has 64 heavy (non-hydrogen) atoms. The minimum atomic E-state index is -4.99. The summed E-state index contributed by atoms with van der Waals surface area (Å²) in [6.45, 7) is 4.38. The first-order valence-corrected chi connectivity index (χ1v) is 21.3. The molecule has 2 fully saturated rings. The van der Waals surface area contributed by atoms with Crippen molar-refractivity contribution in [2.45, 2.75) is 9.79 Å². The minimum Gasteiger partial charge on any atom is -0.744 e. The fourth-order valence-electron chi connectivity index (χ4n) is 6.34. The summed E-state index contributed by atoms with van der Waals surface area (Å²) in [6, 6.07) is 28.2. The largest absolute Gasteiger partial charge is 1.00 e. The zero-order valence-electron chi connectivity index (χ0n) is 34.7. The van der Waals surface area contributed by atoms with E-state index in [0.29, 0.717) is 98.6 Å². The molecule has 6 aromatic rings. The molecular weight excluding hydrogens is 887 g/mol. The van der Waals surface area contributed by atoms with E-state index in [4.69, 9.17) is 9.47 Å². The smallest absolute Gasteiger partial charge is 0.744 e. The number of hydrogen-bond donors (Lipinski definition) is 4. The molecule has 0 bridgehead atoms. The van der Waals surface area contributed by atoms with Crippen LogP contribution in [0.4, 0.5) is 58.4 Å². The first-order valence-electron chi connectivity index (χ1n) is 19.2. The van der Waals surface area contributed by atoms with E-state index in [1.54, 1.807) is 30.3 Å². The molecule has 2 saturated heterocycles. The Balaban J connectivity index is 0.00000340. The third kappa shape index (κ3) is 13.5. The molecule has 0 amide bonds. The Labute approximate surface area is 417 Å². The average Bonchev–Trinajstić information content (AvgIpc) is 3.29. The molecule has 8 rings (SSSR count). The van der Waals surface area contributed by atoms with Gasteiger partial charge in [0.25, 0.3) is 0 Å². The molecule has 0 aliphatic carbocycles. The second-order valence-corrected chi connectivity index (χ2v) is 15.6. The Morgan fingerprint density at radius 1 is 0.578 bits per heavy atom. The molecule has 0 radical (unpaired) electrons. The third-order valence-corrected chi connectivity index (χ3v) is 10.8. The average molecular weight is 925 g/mol. The van der Waals surface area contributed by atoms with Crippen molar-refractivity contribution in [3.05, 3.63) is 108 Å². The van der Waals surface area contributed by atoms with Crippen molar-refractivity contribution in [2.24, 2.45) is 0 Å². The fraction of sp³-hybridized carbons (Fsp3) is 0.200. The number of para-hydroxylation sites is 2. The molecule has 4 N–H and O–H groups in total. The number of nitrogens with zero attached hydrogens (tertiary/aromatic N) is 8. The van der Waals surface area contributed by atoms with Crippen LogP contribution in [0.3, 0.4) is 0 Å². The maximum Gasteiger partial charge on any atom is 1.00 e. The summed E-state index contributed by atoms with van der Waals surface area (Å²) in [5.41, 5.74) is 2.88. The number of aromatic nitrogens is 6. The van der Waals surface area contributed by atoms with Crippen molar-refractivity contribution in [1.82, 2.24) is 29.9 Å². The molecule has 2 aliphatic heterocycles. The molecule has 20 nitrogen and oxygen atoms in total. The van der Waals surface area contributed by atoms with E-state index in [9.17, 15) is 18.2 Å². The minimum absolute atomic E-state index is 0. The Kier molecular flexibility index (Phi) is 18.1. The zero-order valence-corrected chi connectivity index (χ0v) is 40.3. The van der Waals surface area contributed by atoms with Crippen molar-refractivity contribution in [2.75, 3.05) is 83.7 Å². The summed E-state index contributed by atoms with van der Waals surface area (Å²) in [6.07, 6.45) is 3.03. The van der Waals surface area contributed by atoms with Crippen LogP contribution >= 0.6 is 12.0 Å². The van der Waals surface area contributed by atoms with E-state index in [1.807, 2.05) is 70.5 Å². The van der Waals surface area contributed by atoms with E-state index in [-0.39, 0.29) is 88.2 Å². The Morgan fingerprint density at radius 2 is 1.00 bits per heavy atom. The van der Waals surface area contributed by atoms with Gasteiger partial charge in [-0.1, -0.05) is 60.7 Å². The quantitative estimate of drug-likeness (QED) is 0.0227. The van der Waals surface area contributed by atoms with Crippen LogP contribution in [-0.4, -0.2) is 95.5 Å². The van der Waals surface area contributed by atoms with Crippen LogP contribution in [0.25, 0.3) is 12.2 Å². The summed E-state index contributed by atoms with van der Waals surface area (Å²) < 4.78 is 53.7. The van der Waals surface area contributed by atoms with Gasteiger partial charge in [0.05, 0.1) is 43.4 Å². The van der Waals surface area contributed by atoms with Crippen LogP contribution in [0.1, 0.15) is 11.1 Å². The maximum atomic E-state index is 12.7. The van der Waals surface area contributed by atoms with Gasteiger partial charge in [-0.3, -0.25) is 5.04 Å². The number of anilines is 10. The molecule has 4 heterocycles. The number of rotatable bonds is 16. The first-order chi connectivity index (χ1) is 30.3. The molecule has 4 aromatic carbocycles. The van der Waals surface area contributed by atoms with Gasteiger partial charge in [-0.05, 0) is 59.7 Å². The number of hydrogen-bond acceptors (Lipinski definition) is 21. The summed E-state index contributed by atoms with van der Waals surface area (Å²) >= 11 is 0.626. The van der Waals surface area contributed by atoms with E-state index >= 15 is 0 Å². The van der Waals surface area contributed by atoms with Crippen molar-refractivity contribution < 1.29 is 96.2 Å². The van der Waals surface area contributed by atoms with Gasteiger partial charge >= 0.3 is 59.1 Å². The Morgan fingerprint density at radius 3 is 1.45 bits per heavy atom. The number of nitrogens with one attached hydrogen (secondary N) is 4. The molecule has 2 aliphatic rings. The second kappa shape index (κ2) is 23.6. The molecular formula is C40H38N12Na2O8S2. The van der Waals surface area contributed by atoms with Crippen molar-refractivity contribution in [1.29, 1.82) is 0 Å². The van der Waals surface area contributed by atoms with Gasteiger partial charge in [0.1, 0.15) is 10.1 Å². The van der Waals surface area contributed by atoms with E-state index in [1.165, 1.54) is 18.2 Å². The van der Waals surface area contributed by atoms with Crippen LogP contribution in [-0.2, 0) is 29.0 Å². The Hall–Kier alpha value is -4.50. The van der Waals surface area contributed by atoms with Crippen LogP contribution in [0.15, 0.2) is 107 Å². The van der Waals surface area contributed by atoms with Gasteiger partial charge in [-0.15, -0.1) is 0 Å². The van der Waals surface area contributed by atoms with Gasteiger partial charge in [0, 0.05) is 53.8 Å². The summed E-state index contributed by atoms with van der Waals surface area (Å²) in [4.78, 5) is 31.4. The van der Waals surface area contributed by atoms with E-state index in [2.05, 4.69) is 60.5 Å². The predicted octanol–water partition coefficient (Wildman–Crippen LogP) is -0.983. The number of ether oxygens (including phenoxy) is 2. The standard InChI is InChI=1S/C40H40N12O8S2.2Na/c53-59-60-61-33-25-31(43-37-45-35(41-29-7-3-1-4-8-29)47-39(49-37)51-17-21-57-22-18-51)15-13-27(33)11-12-28-14-16-32(26-34(28)62(54,55)56)44-38-46-36(42-30-9-5-2-6-10-30)48-40(50-38)52-19-23-58-24-20-52;;/h1-16,25-26,53H,17-24H2,(H,54,55,56)(H2,41,43,45,47,49)(H2,42,44,46,48,50);;/q;2*+1/p-2/b12-11+;;. The van der Waals surface area contributed by atoms with Crippen molar-refractivity contribution in [3.8, 4) is 0 Å². The van der Waals surface area contributed by atoms with Crippen molar-refractivity contribution in [3.63, 3.8) is 0 Å². The topological polar surface area (TPSA) is 249 Å². The molecule has 24 heteroatoms. The summed E-state index contributed by atoms with van der Waals surface area (Å²) in [7, 11) is -4.99. The molecule has 320 valence electrons. The second-order valence-electron chi connectivity index (χ2n) is 13.5. The van der Waals surface area contributed by atoms with Gasteiger partial charge in [0.15, 0.2) is 0 Å². The number of benzene rings is 4. The molecule has 0 atom stereocenters. The van der Waals surface area contributed by atoms with Crippen LogP contribution < -0.4 is 95.4 Å². The predicted molar refractivity (Wildman–Crippen MR) is 230 cm³/mol.